The standard InChI is InChI=1S/C68H121NO10/c1-3-5-7-9-11-13-14-15-33-36-40-44-48-52-56-64(73)77-57-53-49-45-41-37-34-31-29-27-25-23-21-19-17-16-18-20-22-24-26-28-30-32-35-39-43-47-51-55-63(72)69-60(61(71)54-50-46-42-38-12-10-8-6-4-2)59-78-68-67(76)66(75)65(74)62(58-70)79-68/h4,6,9,11-12,14-17,38,50,54,60-62,65-68,70-71,74-76H,3,5,7-8,10,13,18-37,39-49,51-53,55-59H2,1-2H3,(H,69,72)/b6-4+,11-9-,15-14-,17-16-,38-12+,54-50+. The fourth-order valence-corrected chi connectivity index (χ4v) is 9.90. The Morgan fingerprint density at radius 3 is 1.41 bits per heavy atom. The van der Waals surface area contributed by atoms with Crippen molar-refractivity contribution in [3.63, 3.8) is 0 Å². The lowest BCUT2D eigenvalue weighted by Crippen LogP contribution is -2.60. The van der Waals surface area contributed by atoms with Gasteiger partial charge in [0.05, 0.1) is 32.0 Å². The van der Waals surface area contributed by atoms with Crippen molar-refractivity contribution >= 4 is 11.9 Å². The minimum absolute atomic E-state index is 0.00931. The van der Waals surface area contributed by atoms with Crippen LogP contribution in [0.3, 0.4) is 0 Å². The second kappa shape index (κ2) is 56.9. The number of nitrogens with one attached hydrogen (secondary N) is 1. The molecule has 79 heavy (non-hydrogen) atoms. The van der Waals surface area contributed by atoms with Crippen LogP contribution in [0.2, 0.25) is 0 Å². The van der Waals surface area contributed by atoms with E-state index >= 15 is 0 Å². The smallest absolute Gasteiger partial charge is 0.305 e. The molecule has 1 amide bonds. The molecule has 1 saturated heterocycles. The Kier molecular flexibility index (Phi) is 53.4. The number of ether oxygens (including phenoxy) is 3. The van der Waals surface area contributed by atoms with E-state index in [9.17, 15) is 35.1 Å². The summed E-state index contributed by atoms with van der Waals surface area (Å²) in [5.74, 6) is -0.210. The quantitative estimate of drug-likeness (QED) is 0.0195. The van der Waals surface area contributed by atoms with Crippen molar-refractivity contribution in [3.05, 3.63) is 72.9 Å². The summed E-state index contributed by atoms with van der Waals surface area (Å²) in [6.45, 7) is 4.05. The van der Waals surface area contributed by atoms with Crippen LogP contribution in [-0.2, 0) is 23.8 Å². The Balaban J connectivity index is 1.95. The minimum Gasteiger partial charge on any atom is -0.466 e. The molecule has 1 fully saturated rings. The summed E-state index contributed by atoms with van der Waals surface area (Å²) in [5.41, 5.74) is 0. The summed E-state index contributed by atoms with van der Waals surface area (Å²) in [6.07, 6.45) is 66.3. The number of aliphatic hydroxyl groups is 5. The van der Waals surface area contributed by atoms with Gasteiger partial charge in [0.25, 0.3) is 0 Å². The van der Waals surface area contributed by atoms with Crippen LogP contribution in [0, 0.1) is 0 Å². The SMILES string of the molecule is C/C=C/CC/C=C/CC/C=C/C(O)C(COC1OC(CO)C(O)C(O)C1O)NC(=O)CCCCCCCCCCCCCC/C=C\CCCCCCCCCCCCCCOC(=O)CCCCCCC/C=C\C/C=C\CCCC. The zero-order valence-electron chi connectivity index (χ0n) is 50.6. The third kappa shape index (κ3) is 46.3. The number of unbranched alkanes of at least 4 members (excludes halogenated alkanes) is 33. The molecule has 7 atom stereocenters. The third-order valence-corrected chi connectivity index (χ3v) is 15.1. The predicted molar refractivity (Wildman–Crippen MR) is 329 cm³/mol. The van der Waals surface area contributed by atoms with Gasteiger partial charge in [-0.05, 0) is 103 Å². The van der Waals surface area contributed by atoms with E-state index in [0.29, 0.717) is 19.4 Å². The fourth-order valence-electron chi connectivity index (χ4n) is 9.90. The number of aliphatic hydroxyl groups excluding tert-OH is 5. The zero-order chi connectivity index (χ0) is 57.3. The Morgan fingerprint density at radius 2 is 0.911 bits per heavy atom. The molecular formula is C68H121NO10. The summed E-state index contributed by atoms with van der Waals surface area (Å²) >= 11 is 0. The molecule has 0 aliphatic carbocycles. The van der Waals surface area contributed by atoms with Gasteiger partial charge in [-0.2, -0.15) is 0 Å². The highest BCUT2D eigenvalue weighted by atomic mass is 16.7. The van der Waals surface area contributed by atoms with Crippen molar-refractivity contribution in [3.8, 4) is 0 Å². The van der Waals surface area contributed by atoms with Gasteiger partial charge < -0.3 is 45.1 Å². The van der Waals surface area contributed by atoms with Crippen LogP contribution in [0.15, 0.2) is 72.9 Å². The first-order valence-electron chi connectivity index (χ1n) is 32.7. The Bertz CT molecular complexity index is 1540. The monoisotopic (exact) mass is 1110 g/mol. The number of amides is 1. The second-order valence-corrected chi connectivity index (χ2v) is 22.5. The Hall–Kier alpha value is -2.90. The fraction of sp³-hybridized carbons (Fsp3) is 0.794. The molecule has 1 rings (SSSR count). The number of allylic oxidation sites excluding steroid dienone is 11. The predicted octanol–water partition coefficient (Wildman–Crippen LogP) is 16.0. The van der Waals surface area contributed by atoms with Gasteiger partial charge in [-0.1, -0.05) is 240 Å². The van der Waals surface area contributed by atoms with Gasteiger partial charge in [0.1, 0.15) is 24.4 Å². The molecule has 0 aromatic rings. The molecule has 0 saturated carbocycles. The minimum atomic E-state index is -1.58. The highest BCUT2D eigenvalue weighted by Crippen LogP contribution is 2.23. The molecule has 11 nitrogen and oxygen atoms in total. The van der Waals surface area contributed by atoms with Gasteiger partial charge in [0.15, 0.2) is 6.29 Å². The molecule has 0 radical (unpaired) electrons. The van der Waals surface area contributed by atoms with Gasteiger partial charge >= 0.3 is 5.97 Å². The number of esters is 1. The van der Waals surface area contributed by atoms with Crippen LogP contribution in [0.25, 0.3) is 0 Å². The van der Waals surface area contributed by atoms with E-state index in [1.807, 2.05) is 19.1 Å². The summed E-state index contributed by atoms with van der Waals surface area (Å²) in [5, 5.41) is 54.2. The summed E-state index contributed by atoms with van der Waals surface area (Å²) in [7, 11) is 0. The zero-order valence-corrected chi connectivity index (χ0v) is 50.6. The first-order valence-corrected chi connectivity index (χ1v) is 32.7. The Labute approximate surface area is 483 Å². The number of rotatable bonds is 56. The number of hydrogen-bond acceptors (Lipinski definition) is 10. The first kappa shape index (κ1) is 74.1. The maximum absolute atomic E-state index is 13.0. The summed E-state index contributed by atoms with van der Waals surface area (Å²) in [4.78, 5) is 25.0. The van der Waals surface area contributed by atoms with Crippen LogP contribution in [0.5, 0.6) is 0 Å². The van der Waals surface area contributed by atoms with E-state index in [4.69, 9.17) is 14.2 Å². The van der Waals surface area contributed by atoms with Gasteiger partial charge in [0, 0.05) is 12.8 Å². The molecular weight excluding hydrogens is 991 g/mol. The number of hydrogen-bond donors (Lipinski definition) is 6. The maximum Gasteiger partial charge on any atom is 0.305 e. The number of carbonyl (C=O) groups is 2. The van der Waals surface area contributed by atoms with Crippen molar-refractivity contribution in [1.29, 1.82) is 0 Å². The van der Waals surface area contributed by atoms with Crippen molar-refractivity contribution < 1.29 is 49.3 Å². The van der Waals surface area contributed by atoms with Crippen LogP contribution in [0.1, 0.15) is 284 Å². The summed E-state index contributed by atoms with van der Waals surface area (Å²) in [6, 6.07) is -0.835. The average Bonchev–Trinajstić information content (AvgIpc) is 3.46. The molecule has 1 aliphatic rings. The third-order valence-electron chi connectivity index (χ3n) is 15.1. The lowest BCUT2D eigenvalue weighted by molar-refractivity contribution is -0.302. The van der Waals surface area contributed by atoms with E-state index in [-0.39, 0.29) is 18.5 Å². The normalized spacial score (nSPS) is 18.9. The van der Waals surface area contributed by atoms with Crippen molar-refractivity contribution in [2.75, 3.05) is 19.8 Å². The van der Waals surface area contributed by atoms with E-state index in [0.717, 1.165) is 70.6 Å². The molecule has 6 N–H and O–H groups in total. The Morgan fingerprint density at radius 1 is 0.494 bits per heavy atom. The van der Waals surface area contributed by atoms with E-state index in [2.05, 4.69) is 66.9 Å². The molecule has 0 bridgehead atoms. The lowest BCUT2D eigenvalue weighted by Gasteiger charge is -2.40. The molecule has 11 heteroatoms. The average molecular weight is 1110 g/mol. The van der Waals surface area contributed by atoms with Crippen molar-refractivity contribution in [2.45, 2.75) is 326 Å². The van der Waals surface area contributed by atoms with Gasteiger partial charge in [-0.25, -0.2) is 0 Å². The largest absolute Gasteiger partial charge is 0.466 e. The van der Waals surface area contributed by atoms with Crippen LogP contribution < -0.4 is 5.32 Å². The second-order valence-electron chi connectivity index (χ2n) is 22.5. The number of carbonyl (C=O) groups excluding carboxylic acids is 2. The van der Waals surface area contributed by atoms with Crippen molar-refractivity contribution in [1.82, 2.24) is 5.32 Å². The molecule has 0 spiro atoms. The molecule has 1 heterocycles. The highest BCUT2D eigenvalue weighted by molar-refractivity contribution is 5.76. The van der Waals surface area contributed by atoms with Crippen LogP contribution in [-0.4, -0.2) is 100 Å². The highest BCUT2D eigenvalue weighted by Gasteiger charge is 2.44. The van der Waals surface area contributed by atoms with E-state index in [1.165, 1.54) is 186 Å². The van der Waals surface area contributed by atoms with Gasteiger partial charge in [0.2, 0.25) is 5.91 Å². The lowest BCUT2D eigenvalue weighted by atomic mass is 9.99. The maximum atomic E-state index is 13.0. The molecule has 1 aliphatic heterocycles. The van der Waals surface area contributed by atoms with E-state index < -0.39 is 49.5 Å². The van der Waals surface area contributed by atoms with Crippen LogP contribution in [0.4, 0.5) is 0 Å². The van der Waals surface area contributed by atoms with E-state index in [1.54, 1.807) is 6.08 Å². The van der Waals surface area contributed by atoms with Crippen molar-refractivity contribution in [2.24, 2.45) is 0 Å². The molecule has 0 aromatic heterocycles. The van der Waals surface area contributed by atoms with Gasteiger partial charge in [-0.15, -0.1) is 0 Å². The summed E-state index contributed by atoms with van der Waals surface area (Å²) < 4.78 is 16.7. The molecule has 7 unspecified atom stereocenters. The van der Waals surface area contributed by atoms with Gasteiger partial charge in [-0.3, -0.25) is 9.59 Å². The topological polar surface area (TPSA) is 175 Å². The molecule has 0 aromatic carbocycles. The van der Waals surface area contributed by atoms with Crippen LogP contribution >= 0.6 is 0 Å². The first-order chi connectivity index (χ1) is 38.7. The molecule has 458 valence electrons.